The summed E-state index contributed by atoms with van der Waals surface area (Å²) in [6.45, 7) is 6.04. The summed E-state index contributed by atoms with van der Waals surface area (Å²) < 4.78 is 5.36. The van der Waals surface area contributed by atoms with Crippen LogP contribution in [-0.4, -0.2) is 18.1 Å². The van der Waals surface area contributed by atoms with Gasteiger partial charge in [-0.05, 0) is 31.7 Å². The Labute approximate surface area is 114 Å². The number of rotatable bonds is 5. The van der Waals surface area contributed by atoms with E-state index in [0.717, 1.165) is 24.8 Å². The van der Waals surface area contributed by atoms with Crippen LogP contribution in [0, 0.1) is 0 Å². The zero-order chi connectivity index (χ0) is 13.7. The number of hydrogen-bond acceptors (Lipinski definition) is 3. The maximum Gasteiger partial charge on any atom is 0.326 e. The number of carbonyl (C=O) groups excluding carboxylic acids is 1. The first kappa shape index (κ1) is 13.8. The third-order valence-electron chi connectivity index (χ3n) is 3.61. The quantitative estimate of drug-likeness (QED) is 0.502. The Morgan fingerprint density at radius 2 is 2.21 bits per heavy atom. The van der Waals surface area contributed by atoms with Gasteiger partial charge in [-0.2, -0.15) is 0 Å². The molecule has 0 aliphatic carbocycles. The van der Waals surface area contributed by atoms with Gasteiger partial charge in [0.1, 0.15) is 12.1 Å². The Hall–Kier alpha value is -1.61. The summed E-state index contributed by atoms with van der Waals surface area (Å²) in [6, 6.07) is 10.2. The zero-order valence-electron chi connectivity index (χ0n) is 11.4. The number of allylic oxidation sites excluding steroid dienone is 1. The first-order valence-corrected chi connectivity index (χ1v) is 6.76. The van der Waals surface area contributed by atoms with Crippen molar-refractivity contribution in [1.29, 1.82) is 0 Å². The van der Waals surface area contributed by atoms with Gasteiger partial charge in [0.25, 0.3) is 0 Å². The third kappa shape index (κ3) is 3.24. The monoisotopic (exact) mass is 259 g/mol. The van der Waals surface area contributed by atoms with E-state index in [1.165, 1.54) is 0 Å². The molecule has 3 nitrogen and oxygen atoms in total. The molecule has 1 saturated heterocycles. The Kier molecular flexibility index (Phi) is 4.38. The van der Waals surface area contributed by atoms with Crippen molar-refractivity contribution in [3.05, 3.63) is 48.6 Å². The Balaban J connectivity index is 2.07. The molecule has 2 atom stereocenters. The average molecular weight is 259 g/mol. The highest BCUT2D eigenvalue weighted by Gasteiger charge is 2.40. The first-order valence-electron chi connectivity index (χ1n) is 6.76. The third-order valence-corrected chi connectivity index (χ3v) is 3.61. The molecule has 0 unspecified atom stereocenters. The number of cyclic esters (lactones) is 1. The van der Waals surface area contributed by atoms with E-state index in [0.29, 0.717) is 6.61 Å². The second kappa shape index (κ2) is 6.02. The number of esters is 1. The van der Waals surface area contributed by atoms with Crippen molar-refractivity contribution in [2.45, 2.75) is 37.8 Å². The van der Waals surface area contributed by atoms with Gasteiger partial charge in [0, 0.05) is 0 Å². The van der Waals surface area contributed by atoms with E-state index in [1.807, 2.05) is 31.2 Å². The molecule has 1 aromatic carbocycles. The van der Waals surface area contributed by atoms with Crippen molar-refractivity contribution in [3.8, 4) is 0 Å². The van der Waals surface area contributed by atoms with Crippen LogP contribution >= 0.6 is 0 Å². The molecule has 1 aromatic rings. The van der Waals surface area contributed by atoms with Crippen molar-refractivity contribution < 1.29 is 9.53 Å². The van der Waals surface area contributed by atoms with E-state index < -0.39 is 5.54 Å². The molecule has 1 fully saturated rings. The maximum absolute atomic E-state index is 12.0. The first-order chi connectivity index (χ1) is 9.15. The fourth-order valence-corrected chi connectivity index (χ4v) is 2.44. The van der Waals surface area contributed by atoms with Gasteiger partial charge in [0.05, 0.1) is 6.04 Å². The number of nitrogens with one attached hydrogen (secondary N) is 1. The molecule has 2 rings (SSSR count). The number of unbranched alkanes of at least 4 members (excludes halogenated alkanes) is 1. The van der Waals surface area contributed by atoms with Crippen LogP contribution in [0.3, 0.4) is 0 Å². The van der Waals surface area contributed by atoms with E-state index in [2.05, 4.69) is 24.0 Å². The highest BCUT2D eigenvalue weighted by Crippen LogP contribution is 2.27. The molecular formula is C16H21NO2. The van der Waals surface area contributed by atoms with Gasteiger partial charge in [-0.15, -0.1) is 6.58 Å². The minimum Gasteiger partial charge on any atom is -0.462 e. The molecule has 0 radical (unpaired) electrons. The van der Waals surface area contributed by atoms with Crippen LogP contribution in [-0.2, 0) is 9.53 Å². The van der Waals surface area contributed by atoms with E-state index in [-0.39, 0.29) is 12.0 Å². The lowest BCUT2D eigenvalue weighted by atomic mass is 9.91. The van der Waals surface area contributed by atoms with Gasteiger partial charge < -0.3 is 4.74 Å². The minimum atomic E-state index is -0.595. The van der Waals surface area contributed by atoms with Crippen LogP contribution in [0.25, 0.3) is 0 Å². The van der Waals surface area contributed by atoms with Gasteiger partial charge >= 0.3 is 5.97 Å². The van der Waals surface area contributed by atoms with Crippen LogP contribution in [0.4, 0.5) is 0 Å². The molecule has 0 saturated carbocycles. The molecule has 0 amide bonds. The van der Waals surface area contributed by atoms with Gasteiger partial charge in [0.2, 0.25) is 0 Å². The van der Waals surface area contributed by atoms with E-state index in [9.17, 15) is 4.79 Å². The summed E-state index contributed by atoms with van der Waals surface area (Å²) in [6.07, 6.45) is 4.50. The van der Waals surface area contributed by atoms with Crippen LogP contribution in [0.15, 0.2) is 43.0 Å². The smallest absolute Gasteiger partial charge is 0.326 e. The number of benzene rings is 1. The summed E-state index contributed by atoms with van der Waals surface area (Å²) in [5.41, 5.74) is 0.562. The minimum absolute atomic E-state index is 0.0765. The zero-order valence-corrected chi connectivity index (χ0v) is 11.4. The second-order valence-corrected chi connectivity index (χ2v) is 5.22. The largest absolute Gasteiger partial charge is 0.462 e. The van der Waals surface area contributed by atoms with Crippen LogP contribution < -0.4 is 5.32 Å². The maximum atomic E-state index is 12.0. The van der Waals surface area contributed by atoms with E-state index >= 15 is 0 Å². The highest BCUT2D eigenvalue weighted by atomic mass is 16.5. The predicted molar refractivity (Wildman–Crippen MR) is 75.7 cm³/mol. The lowest BCUT2D eigenvalue weighted by Crippen LogP contribution is -2.56. The number of hydrogen-bond donors (Lipinski definition) is 1. The van der Waals surface area contributed by atoms with Crippen LogP contribution in [0.1, 0.15) is 37.8 Å². The average Bonchev–Trinajstić information content (AvgIpc) is 2.43. The highest BCUT2D eigenvalue weighted by molar-refractivity contribution is 5.81. The summed E-state index contributed by atoms with van der Waals surface area (Å²) in [5, 5.41) is 3.45. The standard InChI is InChI=1S/C16H21NO2/c1-3-4-8-11-16(2)15(18)19-12-14(17-16)13-9-6-5-7-10-13/h3,5-7,9-10,14,17H,1,4,8,11-12H2,2H3/t14-,16+/m0/s1. The van der Waals surface area contributed by atoms with Crippen molar-refractivity contribution in [2.75, 3.05) is 6.61 Å². The van der Waals surface area contributed by atoms with Crippen molar-refractivity contribution in [1.82, 2.24) is 5.32 Å². The van der Waals surface area contributed by atoms with Crippen LogP contribution in [0.5, 0.6) is 0 Å². The molecule has 0 bridgehead atoms. The van der Waals surface area contributed by atoms with Crippen LogP contribution in [0.2, 0.25) is 0 Å². The lowest BCUT2D eigenvalue weighted by Gasteiger charge is -2.38. The molecular weight excluding hydrogens is 238 g/mol. The summed E-state index contributed by atoms with van der Waals surface area (Å²) in [7, 11) is 0. The van der Waals surface area contributed by atoms with E-state index in [4.69, 9.17) is 4.74 Å². The Morgan fingerprint density at radius 3 is 2.89 bits per heavy atom. The molecule has 19 heavy (non-hydrogen) atoms. The molecule has 1 N–H and O–H groups in total. The lowest BCUT2D eigenvalue weighted by molar-refractivity contribution is -0.158. The molecule has 3 heteroatoms. The van der Waals surface area contributed by atoms with Crippen molar-refractivity contribution >= 4 is 5.97 Å². The number of carbonyl (C=O) groups is 1. The Morgan fingerprint density at radius 1 is 1.47 bits per heavy atom. The summed E-state index contributed by atoms with van der Waals surface area (Å²) in [5.74, 6) is -0.149. The fraction of sp³-hybridized carbons (Fsp3) is 0.438. The van der Waals surface area contributed by atoms with Crippen molar-refractivity contribution in [2.24, 2.45) is 0 Å². The SMILES string of the molecule is C=CCCC[C@@]1(C)N[C@H](c2ccccc2)COC1=O. The fourth-order valence-electron chi connectivity index (χ4n) is 2.44. The topological polar surface area (TPSA) is 38.3 Å². The summed E-state index contributed by atoms with van der Waals surface area (Å²) in [4.78, 5) is 12.0. The molecule has 1 aliphatic heterocycles. The van der Waals surface area contributed by atoms with Crippen molar-refractivity contribution in [3.63, 3.8) is 0 Å². The molecule has 0 aromatic heterocycles. The van der Waals surface area contributed by atoms with E-state index in [1.54, 1.807) is 0 Å². The molecule has 1 heterocycles. The molecule has 1 aliphatic rings. The number of morpholine rings is 1. The Bertz CT molecular complexity index is 443. The van der Waals surface area contributed by atoms with Gasteiger partial charge in [-0.1, -0.05) is 36.4 Å². The predicted octanol–water partition coefficient (Wildman–Crippen LogP) is 2.99. The van der Waals surface area contributed by atoms with Gasteiger partial charge in [-0.25, -0.2) is 0 Å². The number of ether oxygens (including phenoxy) is 1. The second-order valence-electron chi connectivity index (χ2n) is 5.22. The van der Waals surface area contributed by atoms with Gasteiger partial charge in [0.15, 0.2) is 0 Å². The van der Waals surface area contributed by atoms with Gasteiger partial charge in [-0.3, -0.25) is 10.1 Å². The normalized spacial score (nSPS) is 26.8. The molecule has 102 valence electrons. The molecule has 0 spiro atoms. The summed E-state index contributed by atoms with van der Waals surface area (Å²) >= 11 is 0.